The summed E-state index contributed by atoms with van der Waals surface area (Å²) in [4.78, 5) is 25.7. The molecule has 2 N–H and O–H groups in total. The Morgan fingerprint density at radius 2 is 1.93 bits per heavy atom. The van der Waals surface area contributed by atoms with Crippen LogP contribution in [-0.4, -0.2) is 22.7 Å². The van der Waals surface area contributed by atoms with Gasteiger partial charge in [0, 0.05) is 15.7 Å². The van der Waals surface area contributed by atoms with Gasteiger partial charge in [-0.2, -0.15) is 0 Å². The van der Waals surface area contributed by atoms with E-state index in [-0.39, 0.29) is 12.5 Å². The molecule has 0 aliphatic carbocycles. The first-order chi connectivity index (χ1) is 13.6. The molecule has 7 nitrogen and oxygen atoms in total. The second-order valence-electron chi connectivity index (χ2n) is 6.01. The molecule has 28 heavy (non-hydrogen) atoms. The molecule has 8 heteroatoms. The number of nitrogens with one attached hydrogen (secondary N) is 2. The van der Waals surface area contributed by atoms with Crippen LogP contribution in [0, 0.1) is 0 Å². The fourth-order valence-electron chi connectivity index (χ4n) is 2.73. The zero-order valence-corrected chi connectivity index (χ0v) is 16.0. The molecule has 4 rings (SSSR count). The number of amides is 1. The van der Waals surface area contributed by atoms with Crippen LogP contribution in [0.2, 0.25) is 0 Å². The molecule has 0 fully saturated rings. The number of rotatable bonds is 5. The average Bonchev–Trinajstić information content (AvgIpc) is 3.13. The van der Waals surface area contributed by atoms with Gasteiger partial charge in [0.1, 0.15) is 5.75 Å². The Kier molecular flexibility index (Phi) is 4.94. The highest BCUT2D eigenvalue weighted by Crippen LogP contribution is 2.24. The first-order valence-corrected chi connectivity index (χ1v) is 9.14. The zero-order valence-electron chi connectivity index (χ0n) is 14.4. The van der Waals surface area contributed by atoms with Crippen LogP contribution >= 0.6 is 15.9 Å². The van der Waals surface area contributed by atoms with Crippen molar-refractivity contribution >= 4 is 38.3 Å². The zero-order chi connectivity index (χ0) is 19.5. The maximum atomic E-state index is 12.2. The van der Waals surface area contributed by atoms with Gasteiger partial charge < -0.3 is 10.1 Å². The number of fused-ring (bicyclic) bond motifs is 1. The molecule has 0 spiro atoms. The summed E-state index contributed by atoms with van der Waals surface area (Å²) in [6.07, 6.45) is 0. The van der Waals surface area contributed by atoms with Gasteiger partial charge >= 0.3 is 5.76 Å². The van der Waals surface area contributed by atoms with E-state index in [1.165, 1.54) is 0 Å². The van der Waals surface area contributed by atoms with Crippen molar-refractivity contribution in [2.45, 2.75) is 0 Å². The first-order valence-electron chi connectivity index (χ1n) is 8.35. The van der Waals surface area contributed by atoms with Crippen molar-refractivity contribution in [2.75, 3.05) is 11.9 Å². The van der Waals surface area contributed by atoms with Crippen molar-refractivity contribution in [3.63, 3.8) is 0 Å². The summed E-state index contributed by atoms with van der Waals surface area (Å²) in [7, 11) is 0. The lowest BCUT2D eigenvalue weighted by Gasteiger charge is -2.09. The number of aromatic nitrogens is 2. The summed E-state index contributed by atoms with van der Waals surface area (Å²) in [6.45, 7) is -0.132. The number of nitrogens with zero attached hydrogens (tertiary/aromatic N) is 1. The standard InChI is InChI=1S/C20H14BrN3O4/c21-15-6-4-13-10-17(7-5-12(13)8-15)27-11-18(25)22-16-3-1-2-14(9-16)19-23-20(26)28-24-19/h1-10H,11H2,(H,22,25)(H,23,24,26). The number of H-pyrrole nitrogens is 1. The van der Waals surface area contributed by atoms with Crippen molar-refractivity contribution in [2.24, 2.45) is 0 Å². The number of carbonyl (C=O) groups is 1. The molecular weight excluding hydrogens is 426 g/mol. The van der Waals surface area contributed by atoms with Gasteiger partial charge in [-0.15, -0.1) is 0 Å². The molecule has 0 radical (unpaired) electrons. The Balaban J connectivity index is 1.41. The maximum absolute atomic E-state index is 12.2. The molecule has 0 aliphatic rings. The van der Waals surface area contributed by atoms with Crippen molar-refractivity contribution in [3.05, 3.63) is 75.7 Å². The van der Waals surface area contributed by atoms with E-state index in [1.807, 2.05) is 36.4 Å². The van der Waals surface area contributed by atoms with Crippen LogP contribution in [0.4, 0.5) is 5.69 Å². The minimum Gasteiger partial charge on any atom is -0.484 e. The molecule has 1 aromatic heterocycles. The third-order valence-corrected chi connectivity index (χ3v) is 4.50. The maximum Gasteiger partial charge on any atom is 0.439 e. The van der Waals surface area contributed by atoms with Crippen LogP contribution in [0.25, 0.3) is 22.2 Å². The summed E-state index contributed by atoms with van der Waals surface area (Å²) in [5.41, 5.74) is 1.17. The summed E-state index contributed by atoms with van der Waals surface area (Å²) >= 11 is 3.44. The van der Waals surface area contributed by atoms with E-state index in [9.17, 15) is 9.59 Å². The molecule has 0 saturated carbocycles. The lowest BCUT2D eigenvalue weighted by molar-refractivity contribution is -0.118. The molecular formula is C20H14BrN3O4. The molecule has 1 amide bonds. The average molecular weight is 440 g/mol. The lowest BCUT2D eigenvalue weighted by Crippen LogP contribution is -2.20. The predicted molar refractivity (Wildman–Crippen MR) is 108 cm³/mol. The lowest BCUT2D eigenvalue weighted by atomic mass is 10.1. The van der Waals surface area contributed by atoms with Crippen molar-refractivity contribution in [3.8, 4) is 17.1 Å². The second-order valence-corrected chi connectivity index (χ2v) is 6.93. The van der Waals surface area contributed by atoms with Gasteiger partial charge in [-0.3, -0.25) is 14.3 Å². The molecule has 0 unspecified atom stereocenters. The molecule has 0 aliphatic heterocycles. The topological polar surface area (TPSA) is 97.2 Å². The predicted octanol–water partition coefficient (Wildman–Crippen LogP) is 3.96. The van der Waals surface area contributed by atoms with Gasteiger partial charge in [-0.25, -0.2) is 4.79 Å². The number of hydrogen-bond donors (Lipinski definition) is 2. The van der Waals surface area contributed by atoms with Crippen LogP contribution in [-0.2, 0) is 4.79 Å². The van der Waals surface area contributed by atoms with Crippen molar-refractivity contribution in [1.29, 1.82) is 0 Å². The van der Waals surface area contributed by atoms with Crippen LogP contribution in [0.1, 0.15) is 0 Å². The Labute approximate surface area is 167 Å². The Morgan fingerprint density at radius 1 is 1.11 bits per heavy atom. The minimum atomic E-state index is -0.638. The van der Waals surface area contributed by atoms with Crippen LogP contribution < -0.4 is 15.8 Å². The van der Waals surface area contributed by atoms with E-state index >= 15 is 0 Å². The van der Waals surface area contributed by atoms with Crippen LogP contribution in [0.15, 0.2) is 74.5 Å². The van der Waals surface area contributed by atoms with Crippen LogP contribution in [0.5, 0.6) is 5.75 Å². The summed E-state index contributed by atoms with van der Waals surface area (Å²) in [5, 5.41) is 8.48. The number of anilines is 1. The van der Waals surface area contributed by atoms with Crippen LogP contribution in [0.3, 0.4) is 0 Å². The quantitative estimate of drug-likeness (QED) is 0.490. The van der Waals surface area contributed by atoms with E-state index in [0.29, 0.717) is 22.8 Å². The normalized spacial score (nSPS) is 10.8. The Bertz CT molecular complexity index is 1220. The number of benzene rings is 3. The third kappa shape index (κ3) is 4.12. The van der Waals surface area contributed by atoms with E-state index in [0.717, 1.165) is 15.2 Å². The summed E-state index contributed by atoms with van der Waals surface area (Å²) in [5.74, 6) is -0.0404. The van der Waals surface area contributed by atoms with E-state index in [2.05, 4.69) is 35.9 Å². The van der Waals surface area contributed by atoms with Gasteiger partial charge in [0.25, 0.3) is 5.91 Å². The van der Waals surface area contributed by atoms with Crippen molar-refractivity contribution < 1.29 is 14.1 Å². The molecule has 0 atom stereocenters. The second kappa shape index (κ2) is 7.69. The highest BCUT2D eigenvalue weighted by molar-refractivity contribution is 9.10. The van der Waals surface area contributed by atoms with E-state index in [4.69, 9.17) is 4.74 Å². The number of carbonyl (C=O) groups excluding carboxylic acids is 1. The molecule has 1 heterocycles. The first kappa shape index (κ1) is 18.0. The highest BCUT2D eigenvalue weighted by Gasteiger charge is 2.08. The number of ether oxygens (including phenoxy) is 1. The fourth-order valence-corrected chi connectivity index (χ4v) is 3.11. The third-order valence-electron chi connectivity index (χ3n) is 4.00. The molecule has 3 aromatic carbocycles. The SMILES string of the molecule is O=C(COc1ccc2cc(Br)ccc2c1)Nc1cccc(-c2noc(=O)[nH]2)c1. The fraction of sp³-hybridized carbons (Fsp3) is 0.0500. The number of hydrogen-bond acceptors (Lipinski definition) is 5. The number of halogens is 1. The molecule has 0 saturated heterocycles. The smallest absolute Gasteiger partial charge is 0.439 e. The van der Waals surface area contributed by atoms with Gasteiger partial charge in [-0.05, 0) is 47.2 Å². The molecule has 4 aromatic rings. The van der Waals surface area contributed by atoms with Gasteiger partial charge in [-0.1, -0.05) is 45.4 Å². The Morgan fingerprint density at radius 3 is 2.75 bits per heavy atom. The van der Waals surface area contributed by atoms with Gasteiger partial charge in [0.2, 0.25) is 0 Å². The van der Waals surface area contributed by atoms with Crippen molar-refractivity contribution in [1.82, 2.24) is 10.1 Å². The largest absolute Gasteiger partial charge is 0.484 e. The monoisotopic (exact) mass is 439 g/mol. The molecule has 140 valence electrons. The van der Waals surface area contributed by atoms with E-state index in [1.54, 1.807) is 24.3 Å². The van der Waals surface area contributed by atoms with Gasteiger partial charge in [0.05, 0.1) is 0 Å². The van der Waals surface area contributed by atoms with Gasteiger partial charge in [0.15, 0.2) is 12.4 Å². The molecule has 0 bridgehead atoms. The highest BCUT2D eigenvalue weighted by atomic mass is 79.9. The Hall–Kier alpha value is -3.39. The number of aromatic amines is 1. The van der Waals surface area contributed by atoms with E-state index < -0.39 is 5.76 Å². The minimum absolute atomic E-state index is 0.132. The summed E-state index contributed by atoms with van der Waals surface area (Å²) in [6, 6.07) is 18.5. The summed E-state index contributed by atoms with van der Waals surface area (Å²) < 4.78 is 11.1.